The first-order valence-corrected chi connectivity index (χ1v) is 12.6. The average Bonchev–Trinajstić information content (AvgIpc) is 3.31. The SMILES string of the molecule is CC(=O)O[C@H]1C[C@]2(C)[C@H](C[C@@H]3O[C@]34[C@H]2CC[C@]2(C)[C@@H](OC(C)=O)CO[C@@H]24)C(C)(C)[C@@H]1OC(C)=O. The molecule has 0 bridgehead atoms. The Labute approximate surface area is 201 Å². The quantitative estimate of drug-likeness (QED) is 0.346. The van der Waals surface area contributed by atoms with E-state index in [-0.39, 0.29) is 58.9 Å². The summed E-state index contributed by atoms with van der Waals surface area (Å²) in [5.74, 6) is -0.597. The highest BCUT2D eigenvalue weighted by atomic mass is 16.7. The van der Waals surface area contributed by atoms with Gasteiger partial charge < -0.3 is 23.7 Å². The molecule has 34 heavy (non-hydrogen) atoms. The second-order valence-electron chi connectivity index (χ2n) is 12.4. The highest BCUT2D eigenvalue weighted by Gasteiger charge is 2.82. The van der Waals surface area contributed by atoms with E-state index in [2.05, 4.69) is 27.7 Å². The van der Waals surface area contributed by atoms with Crippen LogP contribution in [0.15, 0.2) is 0 Å². The summed E-state index contributed by atoms with van der Waals surface area (Å²) in [4.78, 5) is 35.8. The minimum atomic E-state index is -0.517. The van der Waals surface area contributed by atoms with Crippen molar-refractivity contribution in [3.05, 3.63) is 0 Å². The van der Waals surface area contributed by atoms with Crippen LogP contribution < -0.4 is 0 Å². The van der Waals surface area contributed by atoms with Gasteiger partial charge in [0, 0.05) is 31.6 Å². The van der Waals surface area contributed by atoms with Crippen LogP contribution in [-0.4, -0.2) is 60.6 Å². The first kappa shape index (κ1) is 24.0. The molecular weight excluding hydrogens is 440 g/mol. The van der Waals surface area contributed by atoms with Gasteiger partial charge in [-0.3, -0.25) is 14.4 Å². The Morgan fingerprint density at radius 3 is 2.12 bits per heavy atom. The zero-order chi connectivity index (χ0) is 24.8. The summed E-state index contributed by atoms with van der Waals surface area (Å²) in [7, 11) is 0. The van der Waals surface area contributed by atoms with E-state index >= 15 is 0 Å². The van der Waals surface area contributed by atoms with E-state index in [4.69, 9.17) is 23.7 Å². The number of epoxide rings is 1. The Morgan fingerprint density at radius 2 is 1.50 bits per heavy atom. The van der Waals surface area contributed by atoms with E-state index in [1.54, 1.807) is 0 Å². The predicted molar refractivity (Wildman–Crippen MR) is 119 cm³/mol. The van der Waals surface area contributed by atoms with Gasteiger partial charge in [0.2, 0.25) is 0 Å². The maximum atomic E-state index is 12.0. The first-order chi connectivity index (χ1) is 15.8. The third-order valence-electron chi connectivity index (χ3n) is 10.0. The molecule has 3 saturated carbocycles. The molecule has 1 spiro atoms. The third kappa shape index (κ3) is 3.13. The summed E-state index contributed by atoms with van der Waals surface area (Å²) in [6, 6.07) is 0. The molecule has 190 valence electrons. The molecule has 0 amide bonds. The lowest BCUT2D eigenvalue weighted by Crippen LogP contribution is -2.68. The van der Waals surface area contributed by atoms with E-state index in [1.807, 2.05) is 0 Å². The summed E-state index contributed by atoms with van der Waals surface area (Å²) < 4.78 is 30.3. The molecule has 10 atom stereocenters. The lowest BCUT2D eigenvalue weighted by molar-refractivity contribution is -0.229. The number of rotatable bonds is 3. The molecule has 2 heterocycles. The predicted octanol–water partition coefficient (Wildman–Crippen LogP) is 3.19. The van der Waals surface area contributed by atoms with Gasteiger partial charge in [-0.05, 0) is 42.9 Å². The number of hydrogen-bond acceptors (Lipinski definition) is 8. The van der Waals surface area contributed by atoms with Crippen LogP contribution >= 0.6 is 0 Å². The monoisotopic (exact) mass is 478 g/mol. The van der Waals surface area contributed by atoms with E-state index in [1.165, 1.54) is 20.8 Å². The fourth-order valence-electron chi connectivity index (χ4n) is 8.84. The minimum absolute atomic E-state index is 0.0545. The minimum Gasteiger partial charge on any atom is -0.459 e. The Balaban J connectivity index is 1.51. The van der Waals surface area contributed by atoms with E-state index in [0.29, 0.717) is 13.0 Å². The van der Waals surface area contributed by atoms with Crippen LogP contribution in [0.5, 0.6) is 0 Å². The van der Waals surface area contributed by atoms with Crippen molar-refractivity contribution in [1.82, 2.24) is 0 Å². The maximum Gasteiger partial charge on any atom is 0.303 e. The Kier molecular flexibility index (Phi) is 5.25. The molecule has 8 heteroatoms. The molecule has 0 radical (unpaired) electrons. The normalized spacial score (nSPS) is 50.0. The van der Waals surface area contributed by atoms with Crippen LogP contribution in [0.3, 0.4) is 0 Å². The Bertz CT molecular complexity index is 914. The van der Waals surface area contributed by atoms with Crippen molar-refractivity contribution >= 4 is 17.9 Å². The molecule has 8 nitrogen and oxygen atoms in total. The Morgan fingerprint density at radius 1 is 0.853 bits per heavy atom. The standard InChI is InChI=1S/C26H38O8/c1-13(27)31-16-11-25(7)17-8-9-24(6)20(32-14(2)28)12-30-22(24)26(17)19(34-26)10-18(25)23(4,5)21(16)33-15(3)29/h16-22H,8-12H2,1-7H3/t16-,17-,18+,19-,20-,21+,22-,24+,25-,26+/m0/s1. The lowest BCUT2D eigenvalue weighted by Gasteiger charge is -2.63. The van der Waals surface area contributed by atoms with Crippen molar-refractivity contribution in [2.45, 2.75) is 110 Å². The number of ether oxygens (including phenoxy) is 5. The fraction of sp³-hybridized carbons (Fsp3) is 0.885. The molecule has 5 rings (SSSR count). The average molecular weight is 479 g/mol. The summed E-state index contributed by atoms with van der Waals surface area (Å²) >= 11 is 0. The van der Waals surface area contributed by atoms with E-state index < -0.39 is 23.2 Å². The number of fused-ring (bicyclic) bond motifs is 3. The molecule has 0 aromatic carbocycles. The second kappa shape index (κ2) is 7.42. The highest BCUT2D eigenvalue weighted by Crippen LogP contribution is 2.74. The Hall–Kier alpha value is -1.67. The zero-order valence-electron chi connectivity index (χ0n) is 21.3. The van der Waals surface area contributed by atoms with Crippen molar-refractivity contribution in [2.24, 2.45) is 28.1 Å². The number of carbonyl (C=O) groups excluding carboxylic acids is 3. The van der Waals surface area contributed by atoms with Crippen molar-refractivity contribution in [3.63, 3.8) is 0 Å². The summed E-state index contributed by atoms with van der Waals surface area (Å²) in [6.07, 6.45) is 1.83. The summed E-state index contributed by atoms with van der Waals surface area (Å²) in [5.41, 5.74) is -1.32. The van der Waals surface area contributed by atoms with Crippen LogP contribution in [0.25, 0.3) is 0 Å². The van der Waals surface area contributed by atoms with Gasteiger partial charge in [0.05, 0.1) is 18.8 Å². The van der Waals surface area contributed by atoms with Crippen molar-refractivity contribution in [2.75, 3.05) is 6.61 Å². The topological polar surface area (TPSA) is 101 Å². The summed E-state index contributed by atoms with van der Waals surface area (Å²) in [6.45, 7) is 13.4. The van der Waals surface area contributed by atoms with Gasteiger partial charge in [-0.15, -0.1) is 0 Å². The van der Waals surface area contributed by atoms with Crippen molar-refractivity contribution < 1.29 is 38.1 Å². The van der Waals surface area contributed by atoms with Crippen LogP contribution in [0.2, 0.25) is 0 Å². The van der Waals surface area contributed by atoms with Gasteiger partial charge >= 0.3 is 17.9 Å². The molecule has 3 aliphatic carbocycles. The second-order valence-corrected chi connectivity index (χ2v) is 12.4. The van der Waals surface area contributed by atoms with Crippen molar-refractivity contribution in [3.8, 4) is 0 Å². The first-order valence-electron chi connectivity index (χ1n) is 12.6. The van der Waals surface area contributed by atoms with Gasteiger partial charge in [0.1, 0.15) is 23.9 Å². The molecule has 0 aromatic rings. The number of hydrogen-bond donors (Lipinski definition) is 0. The highest BCUT2D eigenvalue weighted by molar-refractivity contribution is 5.67. The van der Waals surface area contributed by atoms with Gasteiger partial charge in [0.25, 0.3) is 0 Å². The van der Waals surface area contributed by atoms with Crippen LogP contribution in [0, 0.1) is 28.1 Å². The smallest absolute Gasteiger partial charge is 0.303 e. The molecule has 2 aliphatic heterocycles. The summed E-state index contributed by atoms with van der Waals surface area (Å²) in [5, 5.41) is 0. The van der Waals surface area contributed by atoms with Crippen LogP contribution in [-0.2, 0) is 38.1 Å². The van der Waals surface area contributed by atoms with Gasteiger partial charge in [-0.1, -0.05) is 27.7 Å². The number of esters is 3. The fourth-order valence-corrected chi connectivity index (χ4v) is 8.84. The molecule has 0 aromatic heterocycles. The van der Waals surface area contributed by atoms with Crippen molar-refractivity contribution in [1.29, 1.82) is 0 Å². The van der Waals surface area contributed by atoms with Gasteiger partial charge in [0.15, 0.2) is 0 Å². The van der Waals surface area contributed by atoms with E-state index in [0.717, 1.165) is 19.3 Å². The molecular formula is C26H38O8. The van der Waals surface area contributed by atoms with Gasteiger partial charge in [-0.2, -0.15) is 0 Å². The van der Waals surface area contributed by atoms with Gasteiger partial charge in [-0.25, -0.2) is 0 Å². The molecule has 0 N–H and O–H groups in total. The number of carbonyl (C=O) groups is 3. The maximum absolute atomic E-state index is 12.0. The molecule has 5 aliphatic rings. The lowest BCUT2D eigenvalue weighted by atomic mass is 9.41. The van der Waals surface area contributed by atoms with Crippen LogP contribution in [0.4, 0.5) is 0 Å². The largest absolute Gasteiger partial charge is 0.459 e. The van der Waals surface area contributed by atoms with E-state index in [9.17, 15) is 14.4 Å². The zero-order valence-corrected chi connectivity index (χ0v) is 21.3. The molecule has 5 fully saturated rings. The molecule has 0 unspecified atom stereocenters. The van der Waals surface area contributed by atoms with Crippen LogP contribution in [0.1, 0.15) is 74.1 Å². The third-order valence-corrected chi connectivity index (χ3v) is 10.0. The molecule has 2 saturated heterocycles.